The highest BCUT2D eigenvalue weighted by molar-refractivity contribution is 5.99. The Morgan fingerprint density at radius 2 is 1.76 bits per heavy atom. The summed E-state index contributed by atoms with van der Waals surface area (Å²) in [5.41, 5.74) is 1.48. The molecule has 0 spiro atoms. The number of carbonyl (C=O) groups excluding carboxylic acids is 2. The summed E-state index contributed by atoms with van der Waals surface area (Å²) in [6.45, 7) is 4.09. The lowest BCUT2D eigenvalue weighted by Crippen LogP contribution is -2.53. The van der Waals surface area contributed by atoms with E-state index >= 15 is 0 Å². The number of hydrogen-bond donors (Lipinski definition) is 2. The SMILES string of the molecule is Cc1c(F)cccc1[C@H]1[C@@H](C(=O)c2cccc(O)c2)CN(CCO)C[C@@H]1C(=O)N1CCCC1. The molecular weight excluding hydrogens is 423 g/mol. The molecule has 2 aromatic carbocycles. The highest BCUT2D eigenvalue weighted by Crippen LogP contribution is 2.42. The third-order valence-electron chi connectivity index (χ3n) is 7.06. The average Bonchev–Trinajstić information content (AvgIpc) is 3.35. The number of phenolic OH excluding ortho intramolecular Hbond substituents is 1. The van der Waals surface area contributed by atoms with Crippen molar-refractivity contribution < 1.29 is 24.2 Å². The number of aliphatic hydroxyl groups is 1. The molecule has 2 aliphatic rings. The Morgan fingerprint density at radius 1 is 1.06 bits per heavy atom. The zero-order valence-corrected chi connectivity index (χ0v) is 18.9. The fraction of sp³-hybridized carbons (Fsp3) is 0.462. The van der Waals surface area contributed by atoms with Gasteiger partial charge in [0.15, 0.2) is 5.78 Å². The van der Waals surface area contributed by atoms with Crippen LogP contribution in [0, 0.1) is 24.6 Å². The summed E-state index contributed by atoms with van der Waals surface area (Å²) in [6.07, 6.45) is 1.91. The quantitative estimate of drug-likeness (QED) is 0.656. The number of aliphatic hydroxyl groups excluding tert-OH is 1. The highest BCUT2D eigenvalue weighted by atomic mass is 19.1. The van der Waals surface area contributed by atoms with Crippen molar-refractivity contribution in [3.63, 3.8) is 0 Å². The summed E-state index contributed by atoms with van der Waals surface area (Å²) in [7, 11) is 0. The molecule has 6 nitrogen and oxygen atoms in total. The van der Waals surface area contributed by atoms with Crippen LogP contribution < -0.4 is 0 Å². The van der Waals surface area contributed by atoms with Crippen LogP contribution in [0.3, 0.4) is 0 Å². The Bertz CT molecular complexity index is 1020. The fourth-order valence-electron chi connectivity index (χ4n) is 5.40. The molecule has 4 rings (SSSR count). The molecule has 0 bridgehead atoms. The summed E-state index contributed by atoms with van der Waals surface area (Å²) in [4.78, 5) is 31.2. The number of phenols is 1. The first-order valence-electron chi connectivity index (χ1n) is 11.6. The number of likely N-dealkylation sites (tertiary alicyclic amines) is 2. The number of nitrogens with zero attached hydrogens (tertiary/aromatic N) is 2. The van der Waals surface area contributed by atoms with E-state index in [0.717, 1.165) is 12.8 Å². The number of carbonyl (C=O) groups is 2. The average molecular weight is 455 g/mol. The van der Waals surface area contributed by atoms with Crippen molar-refractivity contribution in [2.45, 2.75) is 25.7 Å². The second-order valence-electron chi connectivity index (χ2n) is 9.12. The summed E-state index contributed by atoms with van der Waals surface area (Å²) >= 11 is 0. The van der Waals surface area contributed by atoms with E-state index in [0.29, 0.717) is 49.4 Å². The number of halogens is 1. The van der Waals surface area contributed by atoms with E-state index in [1.807, 2.05) is 15.9 Å². The molecule has 0 unspecified atom stereocenters. The molecular formula is C26H31FN2O4. The molecule has 0 saturated carbocycles. The van der Waals surface area contributed by atoms with Gasteiger partial charge in [0.05, 0.1) is 12.5 Å². The summed E-state index contributed by atoms with van der Waals surface area (Å²) in [6, 6.07) is 11.0. The van der Waals surface area contributed by atoms with Crippen LogP contribution in [0.5, 0.6) is 5.75 Å². The topological polar surface area (TPSA) is 81.1 Å². The van der Waals surface area contributed by atoms with Gasteiger partial charge < -0.3 is 15.1 Å². The number of aromatic hydroxyl groups is 1. The van der Waals surface area contributed by atoms with Gasteiger partial charge in [0.1, 0.15) is 11.6 Å². The molecule has 7 heteroatoms. The minimum atomic E-state index is -0.621. The van der Waals surface area contributed by atoms with Gasteiger partial charge in [0.2, 0.25) is 5.91 Å². The van der Waals surface area contributed by atoms with Crippen LogP contribution in [0.15, 0.2) is 42.5 Å². The molecule has 2 aromatic rings. The van der Waals surface area contributed by atoms with Crippen molar-refractivity contribution in [1.29, 1.82) is 0 Å². The number of ketones is 1. The van der Waals surface area contributed by atoms with Crippen molar-refractivity contribution in [3.8, 4) is 5.75 Å². The van der Waals surface area contributed by atoms with E-state index in [4.69, 9.17) is 0 Å². The van der Waals surface area contributed by atoms with Gasteiger partial charge in [-0.15, -0.1) is 0 Å². The maximum Gasteiger partial charge on any atom is 0.227 e. The van der Waals surface area contributed by atoms with Gasteiger partial charge in [-0.05, 0) is 49.1 Å². The smallest absolute Gasteiger partial charge is 0.227 e. The fourth-order valence-corrected chi connectivity index (χ4v) is 5.40. The van der Waals surface area contributed by atoms with Gasteiger partial charge in [-0.25, -0.2) is 4.39 Å². The first-order valence-corrected chi connectivity index (χ1v) is 11.6. The van der Waals surface area contributed by atoms with Crippen LogP contribution in [0.4, 0.5) is 4.39 Å². The van der Waals surface area contributed by atoms with Crippen molar-refractivity contribution in [1.82, 2.24) is 9.80 Å². The van der Waals surface area contributed by atoms with E-state index < -0.39 is 17.8 Å². The van der Waals surface area contributed by atoms with Gasteiger partial charge in [0, 0.05) is 50.1 Å². The van der Waals surface area contributed by atoms with Gasteiger partial charge in [-0.3, -0.25) is 14.5 Å². The second kappa shape index (κ2) is 10.0. The van der Waals surface area contributed by atoms with E-state index in [9.17, 15) is 24.2 Å². The molecule has 2 N–H and O–H groups in total. The predicted octanol–water partition coefficient (Wildman–Crippen LogP) is 2.97. The first-order chi connectivity index (χ1) is 15.9. The summed E-state index contributed by atoms with van der Waals surface area (Å²) in [5, 5.41) is 19.5. The maximum absolute atomic E-state index is 14.6. The molecule has 0 aromatic heterocycles. The van der Waals surface area contributed by atoms with E-state index in [-0.39, 0.29) is 29.9 Å². The molecule has 2 aliphatic heterocycles. The Balaban J connectivity index is 1.81. The van der Waals surface area contributed by atoms with Gasteiger partial charge >= 0.3 is 0 Å². The summed E-state index contributed by atoms with van der Waals surface area (Å²) < 4.78 is 14.6. The molecule has 0 aliphatic carbocycles. The summed E-state index contributed by atoms with van der Waals surface area (Å²) in [5.74, 6) is -2.23. The normalized spacial score (nSPS) is 23.6. The highest BCUT2D eigenvalue weighted by Gasteiger charge is 2.46. The minimum absolute atomic E-state index is 0.00736. The Kier molecular flexibility index (Phi) is 7.10. The van der Waals surface area contributed by atoms with Crippen LogP contribution in [0.2, 0.25) is 0 Å². The standard InChI is InChI=1S/C26H31FN2O4/c1-17-20(8-5-9-23(17)27)24-21(25(32)18-6-4-7-19(31)14-18)15-28(12-13-30)16-22(24)26(33)29-10-2-3-11-29/h4-9,14,21-22,24,30-31H,2-3,10-13,15-16H2,1H3/t21-,22-,24-/m0/s1. The number of β-amino-alcohol motifs (C(OH)–C–C–N with tert-alkyl or cyclic N) is 1. The van der Waals surface area contributed by atoms with E-state index in [1.54, 1.807) is 25.1 Å². The molecule has 2 heterocycles. The lowest BCUT2D eigenvalue weighted by Gasteiger charge is -2.44. The molecule has 33 heavy (non-hydrogen) atoms. The monoisotopic (exact) mass is 454 g/mol. The Morgan fingerprint density at radius 3 is 2.45 bits per heavy atom. The zero-order valence-electron chi connectivity index (χ0n) is 18.9. The number of benzene rings is 2. The third kappa shape index (κ3) is 4.80. The minimum Gasteiger partial charge on any atom is -0.508 e. The maximum atomic E-state index is 14.6. The number of piperidine rings is 1. The van der Waals surface area contributed by atoms with Crippen molar-refractivity contribution in [3.05, 3.63) is 65.0 Å². The number of rotatable bonds is 6. The zero-order chi connectivity index (χ0) is 23.5. The third-order valence-corrected chi connectivity index (χ3v) is 7.06. The molecule has 0 radical (unpaired) electrons. The second-order valence-corrected chi connectivity index (χ2v) is 9.12. The van der Waals surface area contributed by atoms with E-state index in [2.05, 4.69) is 0 Å². The molecule has 2 fully saturated rings. The Labute approximate surface area is 193 Å². The van der Waals surface area contributed by atoms with Crippen LogP contribution in [0.1, 0.15) is 40.2 Å². The first kappa shape index (κ1) is 23.4. The van der Waals surface area contributed by atoms with Crippen LogP contribution >= 0.6 is 0 Å². The molecule has 176 valence electrons. The van der Waals surface area contributed by atoms with Crippen molar-refractivity contribution >= 4 is 11.7 Å². The van der Waals surface area contributed by atoms with Crippen molar-refractivity contribution in [2.75, 3.05) is 39.3 Å². The molecule has 2 saturated heterocycles. The number of hydrogen-bond acceptors (Lipinski definition) is 5. The van der Waals surface area contributed by atoms with Gasteiger partial charge in [-0.2, -0.15) is 0 Å². The lowest BCUT2D eigenvalue weighted by atomic mass is 9.69. The van der Waals surface area contributed by atoms with Crippen LogP contribution in [-0.4, -0.2) is 71.0 Å². The largest absolute Gasteiger partial charge is 0.508 e. The Hall–Kier alpha value is -2.77. The molecule has 3 atom stereocenters. The van der Waals surface area contributed by atoms with Crippen LogP contribution in [0.25, 0.3) is 0 Å². The number of amides is 1. The number of Topliss-reactive ketones (excluding diaryl/α,β-unsaturated/α-hetero) is 1. The van der Waals surface area contributed by atoms with E-state index in [1.165, 1.54) is 18.2 Å². The van der Waals surface area contributed by atoms with Gasteiger partial charge in [0.25, 0.3) is 0 Å². The molecule has 1 amide bonds. The predicted molar refractivity (Wildman–Crippen MR) is 123 cm³/mol. The van der Waals surface area contributed by atoms with Gasteiger partial charge in [-0.1, -0.05) is 24.3 Å². The van der Waals surface area contributed by atoms with Crippen LogP contribution in [-0.2, 0) is 4.79 Å². The lowest BCUT2D eigenvalue weighted by molar-refractivity contribution is -0.137. The van der Waals surface area contributed by atoms with Crippen molar-refractivity contribution in [2.24, 2.45) is 11.8 Å².